The van der Waals surface area contributed by atoms with E-state index < -0.39 is 41.3 Å². The molecule has 1 heterocycles. The number of carboxylic acid groups (broad SMARTS) is 1. The van der Waals surface area contributed by atoms with E-state index in [0.717, 1.165) is 22.8 Å². The number of halogens is 4. The molecule has 1 aromatic heterocycles. The molecule has 0 aliphatic carbocycles. The fourth-order valence-corrected chi connectivity index (χ4v) is 2.83. The molecular weight excluding hydrogens is 368 g/mol. The highest BCUT2D eigenvalue weighted by molar-refractivity contribution is 5.80. The number of carbonyl (C=O) groups is 1. The Balaban J connectivity index is 2.07. The molecule has 0 saturated heterocycles. The second-order valence-corrected chi connectivity index (χ2v) is 5.78. The largest absolute Gasteiger partial charge is 0.480 e. The van der Waals surface area contributed by atoms with E-state index in [1.165, 1.54) is 12.1 Å². The van der Waals surface area contributed by atoms with Crippen LogP contribution in [0, 0.1) is 23.3 Å². The summed E-state index contributed by atoms with van der Waals surface area (Å²) in [7, 11) is 0. The van der Waals surface area contributed by atoms with Gasteiger partial charge in [-0.3, -0.25) is 9.59 Å². The van der Waals surface area contributed by atoms with Crippen LogP contribution in [0.15, 0.2) is 35.1 Å². The van der Waals surface area contributed by atoms with Crippen LogP contribution in [-0.2, 0) is 24.2 Å². The zero-order valence-electron chi connectivity index (χ0n) is 13.7. The summed E-state index contributed by atoms with van der Waals surface area (Å²) in [5.74, 6) is -6.46. The lowest BCUT2D eigenvalue weighted by Crippen LogP contribution is -2.23. The zero-order chi connectivity index (χ0) is 19.7. The molecular formula is C18H12F4N2O3. The molecule has 1 N–H and O–H groups in total. The number of carboxylic acids is 1. The molecule has 0 aliphatic heterocycles. The minimum absolute atomic E-state index is 0.0261. The van der Waals surface area contributed by atoms with Gasteiger partial charge in [-0.25, -0.2) is 17.6 Å². The Morgan fingerprint density at radius 2 is 1.74 bits per heavy atom. The van der Waals surface area contributed by atoms with Crippen LogP contribution < -0.4 is 5.56 Å². The molecule has 0 unspecified atom stereocenters. The normalized spacial score (nSPS) is 11.1. The summed E-state index contributed by atoms with van der Waals surface area (Å²) in [6.45, 7) is -0.608. The molecule has 3 aromatic rings. The van der Waals surface area contributed by atoms with Gasteiger partial charge in [0.15, 0.2) is 17.5 Å². The lowest BCUT2D eigenvalue weighted by atomic mass is 10.1. The summed E-state index contributed by atoms with van der Waals surface area (Å²) in [5.41, 5.74) is -1.03. The number of aliphatic carboxylic acids is 1. The van der Waals surface area contributed by atoms with Gasteiger partial charge in [-0.05, 0) is 30.2 Å². The second kappa shape index (κ2) is 7.18. The van der Waals surface area contributed by atoms with Gasteiger partial charge < -0.3 is 9.67 Å². The van der Waals surface area contributed by atoms with Gasteiger partial charge in [0.1, 0.15) is 23.6 Å². The van der Waals surface area contributed by atoms with Crippen LogP contribution in [0.3, 0.4) is 0 Å². The maximum absolute atomic E-state index is 14.0. The maximum atomic E-state index is 14.0. The van der Waals surface area contributed by atoms with E-state index in [0.29, 0.717) is 0 Å². The summed E-state index contributed by atoms with van der Waals surface area (Å²) in [6.07, 6.45) is -0.313. The van der Waals surface area contributed by atoms with Crippen LogP contribution in [0.4, 0.5) is 17.6 Å². The van der Waals surface area contributed by atoms with Crippen molar-refractivity contribution in [2.24, 2.45) is 0 Å². The van der Waals surface area contributed by atoms with Gasteiger partial charge in [0, 0.05) is 6.42 Å². The van der Waals surface area contributed by atoms with Crippen LogP contribution in [0.25, 0.3) is 10.9 Å². The molecule has 0 amide bonds. The molecule has 27 heavy (non-hydrogen) atoms. The summed E-state index contributed by atoms with van der Waals surface area (Å²) in [5, 5.41) is 8.75. The zero-order valence-corrected chi connectivity index (χ0v) is 13.7. The Labute approximate surface area is 149 Å². The highest BCUT2D eigenvalue weighted by atomic mass is 19.2. The first-order valence-electron chi connectivity index (χ1n) is 7.81. The van der Waals surface area contributed by atoms with Crippen molar-refractivity contribution >= 4 is 16.9 Å². The standard InChI is InChI=1S/C18H12F4N2O3/c19-10-2-1-3-12-15(10)18(27)23-13(24(12)8-14(25)26)7-5-9-4-6-11(20)17(22)16(9)21/h1-4,6H,5,7-8H2,(H,25,26). The van der Waals surface area contributed by atoms with Crippen molar-refractivity contribution in [1.82, 2.24) is 9.55 Å². The van der Waals surface area contributed by atoms with Gasteiger partial charge in [-0.2, -0.15) is 4.98 Å². The monoisotopic (exact) mass is 380 g/mol. The van der Waals surface area contributed by atoms with Crippen LogP contribution >= 0.6 is 0 Å². The Hall–Kier alpha value is -3.23. The number of rotatable bonds is 5. The lowest BCUT2D eigenvalue weighted by Gasteiger charge is -2.14. The van der Waals surface area contributed by atoms with Gasteiger partial charge in [-0.1, -0.05) is 12.1 Å². The van der Waals surface area contributed by atoms with Gasteiger partial charge in [0.25, 0.3) is 5.56 Å². The quantitative estimate of drug-likeness (QED) is 0.546. The summed E-state index contributed by atoms with van der Waals surface area (Å²) < 4.78 is 55.3. The third-order valence-electron chi connectivity index (χ3n) is 4.06. The second-order valence-electron chi connectivity index (χ2n) is 5.78. The van der Waals surface area contributed by atoms with Crippen molar-refractivity contribution in [3.05, 3.63) is 75.3 Å². The first-order valence-corrected chi connectivity index (χ1v) is 7.81. The fraction of sp³-hybridized carbons (Fsp3) is 0.167. The molecule has 0 aliphatic rings. The van der Waals surface area contributed by atoms with Crippen LogP contribution in [-0.4, -0.2) is 20.6 Å². The molecule has 0 saturated carbocycles. The Kier molecular flexibility index (Phi) is 4.93. The van der Waals surface area contributed by atoms with E-state index in [2.05, 4.69) is 4.98 Å². The molecule has 140 valence electrons. The van der Waals surface area contributed by atoms with Crippen molar-refractivity contribution in [2.75, 3.05) is 0 Å². The van der Waals surface area contributed by atoms with Crippen molar-refractivity contribution in [1.29, 1.82) is 0 Å². The van der Waals surface area contributed by atoms with E-state index in [1.54, 1.807) is 0 Å². The number of fused-ring (bicyclic) bond motifs is 1. The van der Waals surface area contributed by atoms with Crippen molar-refractivity contribution in [2.45, 2.75) is 19.4 Å². The van der Waals surface area contributed by atoms with Gasteiger partial charge in [-0.15, -0.1) is 0 Å². The van der Waals surface area contributed by atoms with Crippen molar-refractivity contribution in [3.8, 4) is 0 Å². The number of benzene rings is 2. The van der Waals surface area contributed by atoms with Gasteiger partial charge in [0.05, 0.1) is 5.52 Å². The van der Waals surface area contributed by atoms with E-state index in [-0.39, 0.29) is 35.1 Å². The van der Waals surface area contributed by atoms with E-state index in [4.69, 9.17) is 5.11 Å². The van der Waals surface area contributed by atoms with Crippen LogP contribution in [0.2, 0.25) is 0 Å². The van der Waals surface area contributed by atoms with Crippen molar-refractivity contribution in [3.63, 3.8) is 0 Å². The molecule has 0 radical (unpaired) electrons. The molecule has 2 aromatic carbocycles. The molecule has 0 fully saturated rings. The predicted octanol–water partition coefficient (Wildman–Crippen LogP) is 2.82. The summed E-state index contributed by atoms with van der Waals surface area (Å²) in [6, 6.07) is 5.54. The Bertz CT molecular complexity index is 1110. The molecule has 9 heteroatoms. The van der Waals surface area contributed by atoms with E-state index in [9.17, 15) is 27.2 Å². The average molecular weight is 380 g/mol. The maximum Gasteiger partial charge on any atom is 0.323 e. The molecule has 5 nitrogen and oxygen atoms in total. The number of aryl methyl sites for hydroxylation is 2. The fourth-order valence-electron chi connectivity index (χ4n) is 2.83. The highest BCUT2D eigenvalue weighted by Crippen LogP contribution is 2.19. The number of hydrogen-bond donors (Lipinski definition) is 1. The lowest BCUT2D eigenvalue weighted by molar-refractivity contribution is -0.137. The Morgan fingerprint density at radius 1 is 1.00 bits per heavy atom. The smallest absolute Gasteiger partial charge is 0.323 e. The van der Waals surface area contributed by atoms with E-state index in [1.807, 2.05) is 0 Å². The van der Waals surface area contributed by atoms with Crippen LogP contribution in [0.1, 0.15) is 11.4 Å². The first-order chi connectivity index (χ1) is 12.8. The molecule has 3 rings (SSSR count). The number of aromatic nitrogens is 2. The van der Waals surface area contributed by atoms with Gasteiger partial charge in [0.2, 0.25) is 0 Å². The molecule has 0 bridgehead atoms. The summed E-state index contributed by atoms with van der Waals surface area (Å²) >= 11 is 0. The Morgan fingerprint density at radius 3 is 2.44 bits per heavy atom. The highest BCUT2D eigenvalue weighted by Gasteiger charge is 2.18. The molecule has 0 spiro atoms. The summed E-state index contributed by atoms with van der Waals surface area (Å²) in [4.78, 5) is 27.0. The van der Waals surface area contributed by atoms with Gasteiger partial charge >= 0.3 is 5.97 Å². The minimum atomic E-state index is -1.62. The predicted molar refractivity (Wildman–Crippen MR) is 87.3 cm³/mol. The average Bonchev–Trinajstić information content (AvgIpc) is 2.61. The number of hydrogen-bond acceptors (Lipinski definition) is 3. The van der Waals surface area contributed by atoms with Crippen molar-refractivity contribution < 1.29 is 27.5 Å². The SMILES string of the molecule is O=C(O)Cn1c(CCc2ccc(F)c(F)c2F)nc(=O)c2c(F)cccc21. The third-order valence-corrected chi connectivity index (χ3v) is 4.06. The molecule has 0 atom stereocenters. The minimum Gasteiger partial charge on any atom is -0.480 e. The third kappa shape index (κ3) is 3.53. The van der Waals surface area contributed by atoms with E-state index >= 15 is 0 Å². The first kappa shape index (κ1) is 18.6. The van der Waals surface area contributed by atoms with Crippen LogP contribution in [0.5, 0.6) is 0 Å². The topological polar surface area (TPSA) is 72.2 Å². The number of nitrogens with zero attached hydrogens (tertiary/aromatic N) is 2.